The number of hydrazine groups is 2. The Morgan fingerprint density at radius 2 is 2.14 bits per heavy atom. The van der Waals surface area contributed by atoms with E-state index >= 15 is 0 Å². The fraction of sp³-hybridized carbons (Fsp3) is 0. The molecule has 14 heavy (non-hydrogen) atoms. The number of rotatable bonds is 2. The maximum Gasteiger partial charge on any atom is 0.488 e. The van der Waals surface area contributed by atoms with Gasteiger partial charge in [0.25, 0.3) is 0 Å². The summed E-state index contributed by atoms with van der Waals surface area (Å²) in [4.78, 5) is 0. The van der Waals surface area contributed by atoms with Gasteiger partial charge in [-0.3, -0.25) is 5.01 Å². The molecule has 4 N–H and O–H groups in total. The zero-order valence-electron chi connectivity index (χ0n) is 7.38. The SMILES string of the molecule is OB(O)c1cccc(N2C=CNN2)c1. The second kappa shape index (κ2) is 3.71. The predicted molar refractivity (Wildman–Crippen MR) is 54.2 cm³/mol. The van der Waals surface area contributed by atoms with E-state index in [-0.39, 0.29) is 0 Å². The Morgan fingerprint density at radius 3 is 2.79 bits per heavy atom. The quantitative estimate of drug-likeness (QED) is 0.436. The van der Waals surface area contributed by atoms with Gasteiger partial charge in [0, 0.05) is 12.4 Å². The van der Waals surface area contributed by atoms with Gasteiger partial charge in [-0.05, 0) is 17.6 Å². The van der Waals surface area contributed by atoms with Crippen LogP contribution in [0.3, 0.4) is 0 Å². The van der Waals surface area contributed by atoms with Gasteiger partial charge in [-0.15, -0.1) is 5.53 Å². The lowest BCUT2D eigenvalue weighted by Crippen LogP contribution is -2.37. The number of nitrogens with zero attached hydrogens (tertiary/aromatic N) is 1. The molecule has 6 heteroatoms. The Morgan fingerprint density at radius 1 is 1.29 bits per heavy atom. The first-order chi connectivity index (χ1) is 6.77. The van der Waals surface area contributed by atoms with Gasteiger partial charge in [0.05, 0.1) is 5.69 Å². The van der Waals surface area contributed by atoms with Crippen LogP contribution < -0.4 is 21.4 Å². The Balaban J connectivity index is 2.25. The first-order valence-corrected chi connectivity index (χ1v) is 4.20. The van der Waals surface area contributed by atoms with E-state index in [4.69, 9.17) is 10.0 Å². The van der Waals surface area contributed by atoms with E-state index in [1.165, 1.54) is 0 Å². The molecule has 0 aliphatic carbocycles. The monoisotopic (exact) mass is 191 g/mol. The summed E-state index contributed by atoms with van der Waals surface area (Å²) in [5.74, 6) is 0. The van der Waals surface area contributed by atoms with Gasteiger partial charge in [0.2, 0.25) is 0 Å². The molecule has 1 aliphatic rings. The minimum atomic E-state index is -1.44. The second-order valence-electron chi connectivity index (χ2n) is 2.91. The first kappa shape index (κ1) is 9.08. The second-order valence-corrected chi connectivity index (χ2v) is 2.91. The van der Waals surface area contributed by atoms with Gasteiger partial charge in [-0.2, -0.15) is 0 Å². The molecule has 1 aliphatic heterocycles. The zero-order valence-corrected chi connectivity index (χ0v) is 7.38. The van der Waals surface area contributed by atoms with E-state index in [1.54, 1.807) is 35.6 Å². The van der Waals surface area contributed by atoms with Crippen LogP contribution >= 0.6 is 0 Å². The highest BCUT2D eigenvalue weighted by Crippen LogP contribution is 2.11. The van der Waals surface area contributed by atoms with Crippen molar-refractivity contribution in [1.82, 2.24) is 11.0 Å². The van der Waals surface area contributed by atoms with Gasteiger partial charge < -0.3 is 15.5 Å². The smallest absolute Gasteiger partial charge is 0.423 e. The molecule has 1 heterocycles. The molecule has 0 bridgehead atoms. The molecular weight excluding hydrogens is 181 g/mol. The van der Waals surface area contributed by atoms with Crippen molar-refractivity contribution < 1.29 is 10.0 Å². The number of hydrogen-bond donors (Lipinski definition) is 4. The molecular formula is C8H10BN3O2. The Kier molecular flexibility index (Phi) is 2.40. The van der Waals surface area contributed by atoms with Crippen molar-refractivity contribution >= 4 is 18.3 Å². The number of nitrogens with one attached hydrogen (secondary N) is 2. The molecule has 1 aromatic carbocycles. The lowest BCUT2D eigenvalue weighted by molar-refractivity contribution is 0.426. The summed E-state index contributed by atoms with van der Waals surface area (Å²) >= 11 is 0. The highest BCUT2D eigenvalue weighted by molar-refractivity contribution is 6.58. The van der Waals surface area contributed by atoms with E-state index in [1.807, 2.05) is 6.07 Å². The van der Waals surface area contributed by atoms with Crippen LogP contribution in [0.4, 0.5) is 5.69 Å². The van der Waals surface area contributed by atoms with Crippen molar-refractivity contribution in [2.45, 2.75) is 0 Å². The standard InChI is InChI=1S/C8H10BN3O2/c13-9(14)7-2-1-3-8(6-7)12-5-4-10-11-12/h1-6,10-11,13-14H. The van der Waals surface area contributed by atoms with Crippen LogP contribution in [-0.4, -0.2) is 17.2 Å². The number of benzene rings is 1. The Labute approximate surface area is 81.7 Å². The summed E-state index contributed by atoms with van der Waals surface area (Å²) in [5.41, 5.74) is 6.93. The molecule has 2 rings (SSSR count). The summed E-state index contributed by atoms with van der Waals surface area (Å²) in [6, 6.07) is 6.96. The van der Waals surface area contributed by atoms with E-state index in [9.17, 15) is 0 Å². The highest BCUT2D eigenvalue weighted by Gasteiger charge is 2.13. The topological polar surface area (TPSA) is 67.8 Å². The van der Waals surface area contributed by atoms with Gasteiger partial charge in [-0.1, -0.05) is 12.1 Å². The molecule has 72 valence electrons. The van der Waals surface area contributed by atoms with E-state index < -0.39 is 7.12 Å². The van der Waals surface area contributed by atoms with E-state index in [2.05, 4.69) is 11.0 Å². The minimum Gasteiger partial charge on any atom is -0.423 e. The summed E-state index contributed by atoms with van der Waals surface area (Å²) < 4.78 is 0. The number of hydrogen-bond acceptors (Lipinski definition) is 5. The molecule has 0 atom stereocenters. The van der Waals surface area contributed by atoms with E-state index in [0.29, 0.717) is 5.46 Å². The van der Waals surface area contributed by atoms with Crippen molar-refractivity contribution in [3.63, 3.8) is 0 Å². The molecule has 0 fully saturated rings. The normalized spacial score (nSPS) is 14.3. The fourth-order valence-electron chi connectivity index (χ4n) is 1.24. The third-order valence-electron chi connectivity index (χ3n) is 1.94. The molecule has 0 unspecified atom stereocenters. The van der Waals surface area contributed by atoms with Crippen LogP contribution in [0.15, 0.2) is 36.7 Å². The zero-order chi connectivity index (χ0) is 9.97. The molecule has 0 amide bonds. The van der Waals surface area contributed by atoms with Crippen LogP contribution in [0.2, 0.25) is 0 Å². The molecule has 0 aromatic heterocycles. The van der Waals surface area contributed by atoms with Crippen molar-refractivity contribution in [1.29, 1.82) is 0 Å². The highest BCUT2D eigenvalue weighted by atomic mass is 16.4. The van der Waals surface area contributed by atoms with Crippen LogP contribution in [0.25, 0.3) is 0 Å². The van der Waals surface area contributed by atoms with Gasteiger partial charge >= 0.3 is 7.12 Å². The van der Waals surface area contributed by atoms with Crippen LogP contribution in [-0.2, 0) is 0 Å². The van der Waals surface area contributed by atoms with E-state index in [0.717, 1.165) is 5.69 Å². The number of anilines is 1. The third-order valence-corrected chi connectivity index (χ3v) is 1.94. The summed E-state index contributed by atoms with van der Waals surface area (Å²) in [6.45, 7) is 0. The van der Waals surface area contributed by atoms with Gasteiger partial charge in [-0.25, -0.2) is 0 Å². The Hall–Kier alpha value is -1.50. The van der Waals surface area contributed by atoms with Crippen molar-refractivity contribution in [3.8, 4) is 0 Å². The lowest BCUT2D eigenvalue weighted by Gasteiger charge is -2.15. The molecule has 0 saturated heterocycles. The summed E-state index contributed by atoms with van der Waals surface area (Å²) in [7, 11) is -1.44. The third kappa shape index (κ3) is 1.72. The van der Waals surface area contributed by atoms with Gasteiger partial charge in [0.15, 0.2) is 0 Å². The fourth-order valence-corrected chi connectivity index (χ4v) is 1.24. The molecule has 1 aromatic rings. The van der Waals surface area contributed by atoms with Crippen molar-refractivity contribution in [2.75, 3.05) is 5.01 Å². The summed E-state index contributed by atoms with van der Waals surface area (Å²) in [5, 5.41) is 19.7. The lowest BCUT2D eigenvalue weighted by atomic mass is 9.80. The molecule has 5 nitrogen and oxygen atoms in total. The van der Waals surface area contributed by atoms with Gasteiger partial charge in [0.1, 0.15) is 0 Å². The van der Waals surface area contributed by atoms with Crippen LogP contribution in [0, 0.1) is 0 Å². The Bertz CT molecular complexity index is 356. The summed E-state index contributed by atoms with van der Waals surface area (Å²) in [6.07, 6.45) is 3.53. The van der Waals surface area contributed by atoms with Crippen molar-refractivity contribution in [2.24, 2.45) is 0 Å². The maximum atomic E-state index is 8.97. The van der Waals surface area contributed by atoms with Crippen molar-refractivity contribution in [3.05, 3.63) is 36.7 Å². The molecule has 0 radical (unpaired) electrons. The largest absolute Gasteiger partial charge is 0.488 e. The molecule has 0 spiro atoms. The predicted octanol–water partition coefficient (Wildman–Crippen LogP) is -1.33. The maximum absolute atomic E-state index is 8.97. The average Bonchev–Trinajstić information content (AvgIpc) is 2.71. The first-order valence-electron chi connectivity index (χ1n) is 4.20. The van der Waals surface area contributed by atoms with Crippen LogP contribution in [0.5, 0.6) is 0 Å². The minimum absolute atomic E-state index is 0.463. The average molecular weight is 191 g/mol. The molecule has 0 saturated carbocycles. The van der Waals surface area contributed by atoms with Crippen LogP contribution in [0.1, 0.15) is 0 Å².